The molecule has 4 saturated carbocycles. The molecule has 0 spiro atoms. The van der Waals surface area contributed by atoms with Gasteiger partial charge in [-0.15, -0.1) is 6.58 Å². The highest BCUT2D eigenvalue weighted by Gasteiger charge is 2.54. The minimum atomic E-state index is -3.64. The summed E-state index contributed by atoms with van der Waals surface area (Å²) >= 11 is 0. The average Bonchev–Trinajstić information content (AvgIpc) is 2.69. The summed E-state index contributed by atoms with van der Waals surface area (Å²) < 4.78 is 26.5. The van der Waals surface area contributed by atoms with E-state index in [2.05, 4.69) is 22.2 Å². The zero-order valence-corrected chi connectivity index (χ0v) is 17.1. The van der Waals surface area contributed by atoms with Crippen molar-refractivity contribution >= 4 is 21.8 Å². The van der Waals surface area contributed by atoms with Gasteiger partial charge in [0.15, 0.2) is 0 Å². The number of amides is 2. The first-order valence-corrected chi connectivity index (χ1v) is 11.6. The molecule has 0 aromatic heterocycles. The van der Waals surface area contributed by atoms with Gasteiger partial charge in [-0.3, -0.25) is 20.4 Å². The quantitative estimate of drug-likeness (QED) is 0.487. The van der Waals surface area contributed by atoms with E-state index in [9.17, 15) is 18.0 Å². The van der Waals surface area contributed by atoms with Gasteiger partial charge in [0.1, 0.15) is 0 Å². The predicted molar refractivity (Wildman–Crippen MR) is 108 cm³/mol. The van der Waals surface area contributed by atoms with Gasteiger partial charge in [-0.05, 0) is 80.5 Å². The van der Waals surface area contributed by atoms with Crippen molar-refractivity contribution in [1.29, 1.82) is 0 Å². The Labute approximate surface area is 171 Å². The van der Waals surface area contributed by atoms with Gasteiger partial charge in [0.25, 0.3) is 5.91 Å². The van der Waals surface area contributed by atoms with E-state index < -0.39 is 15.9 Å². The molecule has 4 bridgehead atoms. The zero-order chi connectivity index (χ0) is 20.6. The molecule has 5 rings (SSSR count). The Hall–Kier alpha value is -2.19. The highest BCUT2D eigenvalue weighted by Crippen LogP contribution is 2.60. The molecule has 4 aliphatic carbocycles. The van der Waals surface area contributed by atoms with Crippen LogP contribution in [0.2, 0.25) is 0 Å². The van der Waals surface area contributed by atoms with Crippen LogP contribution < -0.4 is 15.6 Å². The molecule has 0 radical (unpaired) electrons. The lowest BCUT2D eigenvalue weighted by Crippen LogP contribution is -2.56. The Morgan fingerprint density at radius 3 is 2.07 bits per heavy atom. The highest BCUT2D eigenvalue weighted by atomic mass is 32.2. The van der Waals surface area contributed by atoms with Crippen molar-refractivity contribution < 1.29 is 18.0 Å². The second-order valence-electron chi connectivity index (χ2n) is 8.77. The van der Waals surface area contributed by atoms with E-state index in [1.54, 1.807) is 0 Å². The Morgan fingerprint density at radius 1 is 1.00 bits per heavy atom. The van der Waals surface area contributed by atoms with E-state index in [1.807, 2.05) is 0 Å². The van der Waals surface area contributed by atoms with E-state index >= 15 is 0 Å². The smallest absolute Gasteiger partial charge is 0.269 e. The lowest BCUT2D eigenvalue weighted by atomic mass is 9.49. The first-order chi connectivity index (χ1) is 13.8. The van der Waals surface area contributed by atoms with Gasteiger partial charge in [0.2, 0.25) is 15.9 Å². The Balaban J connectivity index is 1.36. The lowest BCUT2D eigenvalue weighted by Gasteiger charge is -2.55. The zero-order valence-electron chi connectivity index (χ0n) is 16.3. The highest BCUT2D eigenvalue weighted by molar-refractivity contribution is 7.89. The third-order valence-electron chi connectivity index (χ3n) is 6.65. The van der Waals surface area contributed by atoms with E-state index in [0.717, 1.165) is 19.3 Å². The third-order valence-corrected chi connectivity index (χ3v) is 8.09. The molecule has 8 heteroatoms. The van der Waals surface area contributed by atoms with Crippen molar-refractivity contribution in [3.05, 3.63) is 42.5 Å². The van der Waals surface area contributed by atoms with E-state index in [4.69, 9.17) is 0 Å². The number of carbonyl (C=O) groups is 2. The largest absolute Gasteiger partial charge is 0.273 e. The molecule has 1 aromatic carbocycles. The first kappa shape index (κ1) is 20.1. The van der Waals surface area contributed by atoms with Gasteiger partial charge >= 0.3 is 0 Å². The fourth-order valence-electron chi connectivity index (χ4n) is 5.74. The van der Waals surface area contributed by atoms with Crippen LogP contribution in [-0.2, 0) is 14.8 Å². The summed E-state index contributed by atoms with van der Waals surface area (Å²) in [7, 11) is -3.64. The van der Waals surface area contributed by atoms with Crippen molar-refractivity contribution in [2.75, 3.05) is 6.54 Å². The van der Waals surface area contributed by atoms with Crippen molar-refractivity contribution in [1.82, 2.24) is 15.6 Å². The normalized spacial score (nSPS) is 30.0. The molecule has 0 aliphatic heterocycles. The lowest BCUT2D eigenvalue weighted by molar-refractivity contribution is -0.147. The molecule has 29 heavy (non-hydrogen) atoms. The maximum Gasteiger partial charge on any atom is 0.269 e. The Kier molecular flexibility index (Phi) is 5.25. The molecule has 156 valence electrons. The summed E-state index contributed by atoms with van der Waals surface area (Å²) in [4.78, 5) is 25.4. The van der Waals surface area contributed by atoms with Crippen LogP contribution in [0.15, 0.2) is 41.8 Å². The summed E-state index contributed by atoms with van der Waals surface area (Å²) in [6.45, 7) is 3.60. The van der Waals surface area contributed by atoms with Gasteiger partial charge in [-0.25, -0.2) is 13.1 Å². The van der Waals surface area contributed by atoms with Crippen LogP contribution in [0.5, 0.6) is 0 Å². The van der Waals surface area contributed by atoms with Gasteiger partial charge in [-0.1, -0.05) is 6.08 Å². The minimum Gasteiger partial charge on any atom is -0.273 e. The molecule has 0 atom stereocenters. The maximum atomic E-state index is 12.9. The molecule has 0 heterocycles. The molecule has 4 fully saturated rings. The van der Waals surface area contributed by atoms with Crippen molar-refractivity contribution in [3.63, 3.8) is 0 Å². The topological polar surface area (TPSA) is 104 Å². The number of rotatable bonds is 6. The van der Waals surface area contributed by atoms with Crippen LogP contribution in [-0.4, -0.2) is 26.8 Å². The number of nitrogens with one attached hydrogen (secondary N) is 3. The summed E-state index contributed by atoms with van der Waals surface area (Å²) in [5.74, 6) is 1.38. The Morgan fingerprint density at radius 2 is 1.55 bits per heavy atom. The maximum absolute atomic E-state index is 12.9. The fourth-order valence-corrected chi connectivity index (χ4v) is 6.74. The standard InChI is InChI=1S/C21H27N3O4S/c1-2-7-22-29(27,28)18-5-3-17(4-6-18)19(25)23-24-20(26)21-11-14-8-15(12-21)10-16(9-14)13-21/h2-6,14-16,22H,1,7-13H2,(H,23,25)(H,24,26). The van der Waals surface area contributed by atoms with Crippen LogP contribution in [0, 0.1) is 23.2 Å². The minimum absolute atomic E-state index is 0.0634. The second kappa shape index (κ2) is 7.57. The first-order valence-electron chi connectivity index (χ1n) is 10.1. The van der Waals surface area contributed by atoms with E-state index in [0.29, 0.717) is 17.8 Å². The Bertz CT molecular complexity index is 888. The SMILES string of the molecule is C=CCNS(=O)(=O)c1ccc(C(=O)NNC(=O)C23CC4CC(CC(C4)C2)C3)cc1. The van der Waals surface area contributed by atoms with Crippen molar-refractivity contribution in [3.8, 4) is 0 Å². The van der Waals surface area contributed by atoms with Gasteiger partial charge in [-0.2, -0.15) is 0 Å². The molecule has 3 N–H and O–H groups in total. The number of carbonyl (C=O) groups excluding carboxylic acids is 2. The number of hydrogen-bond donors (Lipinski definition) is 3. The molecule has 2 amide bonds. The van der Waals surface area contributed by atoms with Crippen molar-refractivity contribution in [2.24, 2.45) is 23.2 Å². The molecular formula is C21H27N3O4S. The number of hydrogen-bond acceptors (Lipinski definition) is 4. The molecule has 1 aromatic rings. The van der Waals surface area contributed by atoms with E-state index in [-0.39, 0.29) is 28.3 Å². The van der Waals surface area contributed by atoms with Gasteiger partial charge < -0.3 is 0 Å². The molecule has 7 nitrogen and oxygen atoms in total. The van der Waals surface area contributed by atoms with Gasteiger partial charge in [0.05, 0.1) is 10.3 Å². The predicted octanol–water partition coefficient (Wildman–Crippen LogP) is 2.13. The second-order valence-corrected chi connectivity index (χ2v) is 10.5. The average molecular weight is 418 g/mol. The summed E-state index contributed by atoms with van der Waals surface area (Å²) in [5.41, 5.74) is 5.07. The summed E-state index contributed by atoms with van der Waals surface area (Å²) in [6, 6.07) is 5.58. The van der Waals surface area contributed by atoms with Crippen LogP contribution in [0.25, 0.3) is 0 Å². The monoisotopic (exact) mass is 417 g/mol. The number of hydrazine groups is 1. The third kappa shape index (κ3) is 3.96. The fraction of sp³-hybridized carbons (Fsp3) is 0.524. The van der Waals surface area contributed by atoms with Crippen LogP contribution in [0.4, 0.5) is 0 Å². The van der Waals surface area contributed by atoms with Crippen molar-refractivity contribution in [2.45, 2.75) is 43.4 Å². The van der Waals surface area contributed by atoms with E-state index in [1.165, 1.54) is 49.6 Å². The number of benzene rings is 1. The van der Waals surface area contributed by atoms with Gasteiger partial charge in [0, 0.05) is 12.1 Å². The molecule has 0 saturated heterocycles. The van der Waals surface area contributed by atoms with Crippen LogP contribution in [0.1, 0.15) is 48.9 Å². The van der Waals surface area contributed by atoms with Crippen LogP contribution in [0.3, 0.4) is 0 Å². The molecular weight excluding hydrogens is 390 g/mol. The van der Waals surface area contributed by atoms with Crippen LogP contribution >= 0.6 is 0 Å². The summed E-state index contributed by atoms with van der Waals surface area (Å²) in [6.07, 6.45) is 7.95. The number of sulfonamides is 1. The molecule has 4 aliphatic rings. The summed E-state index contributed by atoms with van der Waals surface area (Å²) in [5, 5.41) is 0. The molecule has 0 unspecified atom stereocenters.